The molecule has 2 heterocycles. The summed E-state index contributed by atoms with van der Waals surface area (Å²) in [6, 6.07) is 9.37. The number of carbonyl (C=O) groups excluding carboxylic acids is 2. The van der Waals surface area contributed by atoms with Gasteiger partial charge in [0.05, 0.1) is 12.6 Å². The fourth-order valence-electron chi connectivity index (χ4n) is 2.80. The minimum absolute atomic E-state index is 0. The maximum absolute atomic E-state index is 12.5. The van der Waals surface area contributed by atoms with Gasteiger partial charge >= 0.3 is 0 Å². The van der Waals surface area contributed by atoms with Gasteiger partial charge in [-0.1, -0.05) is 29.4 Å². The molecule has 134 valence electrons. The van der Waals surface area contributed by atoms with Crippen molar-refractivity contribution in [1.82, 2.24) is 15.4 Å². The molecule has 0 aliphatic carbocycles. The van der Waals surface area contributed by atoms with E-state index in [0.717, 1.165) is 0 Å². The molecule has 1 aliphatic rings. The Morgan fingerprint density at radius 2 is 2.08 bits per heavy atom. The van der Waals surface area contributed by atoms with Crippen LogP contribution in [0, 0.1) is 6.92 Å². The number of amides is 2. The zero-order valence-corrected chi connectivity index (χ0v) is 14.9. The molecule has 0 spiro atoms. The Kier molecular flexibility index (Phi) is 6.17. The molecule has 1 atom stereocenters. The van der Waals surface area contributed by atoms with Crippen LogP contribution in [0.1, 0.15) is 16.9 Å². The smallest absolute Gasteiger partial charge is 0.245 e. The standard InChI is InChI=1S/C17H20N4O3.ClH/c1-11-7-15(20-24-11)19-16(22)10-21(2)17(23)14-8-12-5-3-4-6-13(12)9-18-14;/h3-7,14,18H,8-10H2,1-2H3,(H,19,20,22);1H. The number of anilines is 1. The normalized spacial score (nSPS) is 15.7. The number of nitrogens with one attached hydrogen (secondary N) is 2. The minimum atomic E-state index is -0.313. The fourth-order valence-corrected chi connectivity index (χ4v) is 2.80. The number of aryl methyl sites for hydroxylation is 1. The molecule has 0 saturated heterocycles. The van der Waals surface area contributed by atoms with E-state index in [1.54, 1.807) is 20.0 Å². The van der Waals surface area contributed by atoms with Crippen LogP contribution in [0.4, 0.5) is 5.82 Å². The number of hydrogen-bond donors (Lipinski definition) is 2. The number of fused-ring (bicyclic) bond motifs is 1. The summed E-state index contributed by atoms with van der Waals surface area (Å²) >= 11 is 0. The van der Waals surface area contributed by atoms with Gasteiger partial charge < -0.3 is 20.1 Å². The lowest BCUT2D eigenvalue weighted by atomic mass is 9.95. The third-order valence-electron chi connectivity index (χ3n) is 4.03. The maximum Gasteiger partial charge on any atom is 0.245 e. The van der Waals surface area contributed by atoms with Crippen molar-refractivity contribution < 1.29 is 14.1 Å². The average molecular weight is 365 g/mol. The summed E-state index contributed by atoms with van der Waals surface area (Å²) in [4.78, 5) is 26.0. The summed E-state index contributed by atoms with van der Waals surface area (Å²) in [6.45, 7) is 2.36. The van der Waals surface area contributed by atoms with Gasteiger partial charge in [0.15, 0.2) is 5.82 Å². The Morgan fingerprint density at radius 3 is 2.76 bits per heavy atom. The maximum atomic E-state index is 12.5. The quantitative estimate of drug-likeness (QED) is 0.858. The van der Waals surface area contributed by atoms with Crippen LogP contribution >= 0.6 is 12.4 Å². The first-order valence-electron chi connectivity index (χ1n) is 7.81. The number of benzene rings is 1. The summed E-state index contributed by atoms with van der Waals surface area (Å²) in [5.41, 5.74) is 2.38. The van der Waals surface area contributed by atoms with E-state index in [4.69, 9.17) is 4.52 Å². The van der Waals surface area contributed by atoms with Crippen molar-refractivity contribution in [3.63, 3.8) is 0 Å². The Balaban J connectivity index is 0.00000225. The van der Waals surface area contributed by atoms with E-state index in [1.165, 1.54) is 16.0 Å². The van der Waals surface area contributed by atoms with Gasteiger partial charge in [0.1, 0.15) is 5.76 Å². The van der Waals surface area contributed by atoms with Crippen molar-refractivity contribution in [2.24, 2.45) is 0 Å². The number of likely N-dealkylation sites (N-methyl/N-ethyl adjacent to an activating group) is 1. The average Bonchev–Trinajstić information content (AvgIpc) is 2.98. The molecular weight excluding hydrogens is 344 g/mol. The third-order valence-corrected chi connectivity index (χ3v) is 4.03. The van der Waals surface area contributed by atoms with Crippen LogP contribution in [0.5, 0.6) is 0 Å². The summed E-state index contributed by atoms with van der Waals surface area (Å²) in [6.07, 6.45) is 0.628. The van der Waals surface area contributed by atoms with Crippen LogP contribution in [0.2, 0.25) is 0 Å². The number of hydrogen-bond acceptors (Lipinski definition) is 5. The first kappa shape index (κ1) is 19.0. The summed E-state index contributed by atoms with van der Waals surface area (Å²) in [7, 11) is 1.62. The van der Waals surface area contributed by atoms with Gasteiger partial charge in [0.25, 0.3) is 0 Å². The van der Waals surface area contributed by atoms with Gasteiger partial charge in [-0.3, -0.25) is 9.59 Å². The lowest BCUT2D eigenvalue weighted by Gasteiger charge is -2.28. The molecule has 25 heavy (non-hydrogen) atoms. The molecule has 7 nitrogen and oxygen atoms in total. The molecule has 8 heteroatoms. The molecule has 2 aromatic rings. The minimum Gasteiger partial charge on any atom is -0.360 e. The van der Waals surface area contributed by atoms with Crippen molar-refractivity contribution in [3.05, 3.63) is 47.2 Å². The third kappa shape index (κ3) is 4.58. The fraction of sp³-hybridized carbons (Fsp3) is 0.353. The molecule has 0 bridgehead atoms. The monoisotopic (exact) mass is 364 g/mol. The van der Waals surface area contributed by atoms with Crippen molar-refractivity contribution >= 4 is 30.0 Å². The molecule has 0 fully saturated rings. The first-order chi connectivity index (χ1) is 11.5. The van der Waals surface area contributed by atoms with Crippen LogP contribution in [-0.4, -0.2) is 41.5 Å². The predicted octanol–water partition coefficient (Wildman–Crippen LogP) is 1.52. The molecule has 1 unspecified atom stereocenters. The summed E-state index contributed by atoms with van der Waals surface area (Å²) in [5, 5.41) is 9.54. The second-order valence-corrected chi connectivity index (χ2v) is 5.97. The Bertz CT molecular complexity index is 762. The summed E-state index contributed by atoms with van der Waals surface area (Å²) < 4.78 is 4.89. The molecule has 2 N–H and O–H groups in total. The van der Waals surface area contributed by atoms with Gasteiger partial charge in [-0.2, -0.15) is 0 Å². The molecule has 1 aromatic carbocycles. The van der Waals surface area contributed by atoms with E-state index in [1.807, 2.05) is 18.2 Å². The number of carbonyl (C=O) groups is 2. The van der Waals surface area contributed by atoms with E-state index in [9.17, 15) is 9.59 Å². The topological polar surface area (TPSA) is 87.5 Å². The molecule has 3 rings (SSSR count). The molecule has 0 saturated carbocycles. The molecular formula is C17H21ClN4O3. The van der Waals surface area contributed by atoms with Gasteiger partial charge in [-0.05, 0) is 24.5 Å². The van der Waals surface area contributed by atoms with Crippen molar-refractivity contribution in [1.29, 1.82) is 0 Å². The zero-order valence-electron chi connectivity index (χ0n) is 14.1. The second kappa shape index (κ2) is 8.13. The van der Waals surface area contributed by atoms with Gasteiger partial charge in [-0.25, -0.2) is 0 Å². The van der Waals surface area contributed by atoms with Crippen LogP contribution in [0.15, 0.2) is 34.9 Å². The molecule has 1 aromatic heterocycles. The highest BCUT2D eigenvalue weighted by molar-refractivity contribution is 5.94. The molecule has 0 radical (unpaired) electrons. The Hall–Kier alpha value is -2.38. The molecule has 2 amide bonds. The van der Waals surface area contributed by atoms with E-state index in [0.29, 0.717) is 24.5 Å². The zero-order chi connectivity index (χ0) is 17.1. The van der Waals surface area contributed by atoms with Crippen LogP contribution in [0.3, 0.4) is 0 Å². The SMILES string of the molecule is Cc1cc(NC(=O)CN(C)C(=O)C2Cc3ccccc3CN2)no1.Cl. The Morgan fingerprint density at radius 1 is 1.36 bits per heavy atom. The van der Waals surface area contributed by atoms with Crippen LogP contribution in [-0.2, 0) is 22.6 Å². The van der Waals surface area contributed by atoms with Gasteiger partial charge in [-0.15, -0.1) is 12.4 Å². The number of rotatable bonds is 4. The van der Waals surface area contributed by atoms with E-state index >= 15 is 0 Å². The van der Waals surface area contributed by atoms with Crippen molar-refractivity contribution in [2.75, 3.05) is 18.9 Å². The van der Waals surface area contributed by atoms with Crippen LogP contribution < -0.4 is 10.6 Å². The van der Waals surface area contributed by atoms with Crippen LogP contribution in [0.25, 0.3) is 0 Å². The molecule has 1 aliphatic heterocycles. The predicted molar refractivity (Wildman–Crippen MR) is 95.5 cm³/mol. The first-order valence-corrected chi connectivity index (χ1v) is 7.81. The summed E-state index contributed by atoms with van der Waals surface area (Å²) in [5.74, 6) is 0.550. The highest BCUT2D eigenvalue weighted by atomic mass is 35.5. The number of aromatic nitrogens is 1. The van der Waals surface area contributed by atoms with Gasteiger partial charge in [0.2, 0.25) is 11.8 Å². The van der Waals surface area contributed by atoms with Gasteiger partial charge in [0, 0.05) is 19.7 Å². The highest BCUT2D eigenvalue weighted by Crippen LogP contribution is 2.17. The lowest BCUT2D eigenvalue weighted by Crippen LogP contribution is -2.49. The number of halogens is 1. The second-order valence-electron chi connectivity index (χ2n) is 5.97. The van der Waals surface area contributed by atoms with E-state index < -0.39 is 0 Å². The number of nitrogens with zero attached hydrogens (tertiary/aromatic N) is 2. The highest BCUT2D eigenvalue weighted by Gasteiger charge is 2.27. The largest absolute Gasteiger partial charge is 0.360 e. The van der Waals surface area contributed by atoms with Crippen molar-refractivity contribution in [3.8, 4) is 0 Å². The lowest BCUT2D eigenvalue weighted by molar-refractivity contribution is -0.135. The van der Waals surface area contributed by atoms with Crippen molar-refractivity contribution in [2.45, 2.75) is 25.9 Å². The van der Waals surface area contributed by atoms with E-state index in [-0.39, 0.29) is 36.8 Å². The Labute approximate surface area is 152 Å². The van der Waals surface area contributed by atoms with E-state index in [2.05, 4.69) is 21.9 Å².